The molecule has 152 valence electrons. The normalized spacial score (nSPS) is 12.7. The molecule has 5 rings (SSSR count). The molecule has 0 radical (unpaired) electrons. The lowest BCUT2D eigenvalue weighted by Gasteiger charge is -2.07. The quantitative estimate of drug-likeness (QED) is 0.492. The Morgan fingerprint density at radius 1 is 0.903 bits per heavy atom. The predicted octanol–water partition coefficient (Wildman–Crippen LogP) is 5.42. The van der Waals surface area contributed by atoms with Crippen molar-refractivity contribution in [3.63, 3.8) is 0 Å². The molecule has 0 atom stereocenters. The van der Waals surface area contributed by atoms with Gasteiger partial charge in [-0.25, -0.2) is 9.67 Å². The Morgan fingerprint density at radius 2 is 1.68 bits per heavy atom. The lowest BCUT2D eigenvalue weighted by molar-refractivity contribution is 0.483. The lowest BCUT2D eigenvalue weighted by atomic mass is 10.0. The first-order chi connectivity index (χ1) is 15.2. The fraction of sp³-hybridized carbons (Fsp3) is 0.0769. The third-order valence-electron chi connectivity index (χ3n) is 5.22. The average molecular weight is 406 g/mol. The molecule has 4 aromatic rings. The molecule has 0 fully saturated rings. The van der Waals surface area contributed by atoms with Crippen LogP contribution in [0, 0.1) is 6.92 Å². The van der Waals surface area contributed by atoms with Crippen molar-refractivity contribution >= 4 is 5.84 Å². The highest BCUT2D eigenvalue weighted by atomic mass is 16.5. The van der Waals surface area contributed by atoms with Crippen LogP contribution < -0.4 is 10.5 Å². The predicted molar refractivity (Wildman–Crippen MR) is 124 cm³/mol. The van der Waals surface area contributed by atoms with Gasteiger partial charge in [-0.1, -0.05) is 36.4 Å². The average Bonchev–Trinajstić information content (AvgIpc) is 3.07. The lowest BCUT2D eigenvalue weighted by Crippen LogP contribution is -2.15. The fourth-order valence-electron chi connectivity index (χ4n) is 3.75. The van der Waals surface area contributed by atoms with Crippen LogP contribution in [0.3, 0.4) is 0 Å². The van der Waals surface area contributed by atoms with Gasteiger partial charge in [-0.05, 0) is 61.0 Å². The molecule has 0 saturated carbocycles. The van der Waals surface area contributed by atoms with E-state index in [0.29, 0.717) is 12.3 Å². The number of hydrogen-bond donors (Lipinski definition) is 1. The van der Waals surface area contributed by atoms with Crippen LogP contribution >= 0.6 is 0 Å². The Hall–Kier alpha value is -4.12. The van der Waals surface area contributed by atoms with E-state index in [1.54, 1.807) is 6.20 Å². The van der Waals surface area contributed by atoms with Crippen molar-refractivity contribution in [3.05, 3.63) is 108 Å². The Labute approximate surface area is 181 Å². The summed E-state index contributed by atoms with van der Waals surface area (Å²) in [5.74, 6) is 2.04. The number of nitrogens with two attached hydrogens (primary N) is 1. The SMILES string of the molecule is Cc1cccc(-n2nc(-c3ccc(Oc4ccccc4)cc3)c3c2CC=CN=C3N)c1. The number of aromatic nitrogens is 2. The summed E-state index contributed by atoms with van der Waals surface area (Å²) in [4.78, 5) is 4.38. The van der Waals surface area contributed by atoms with Crippen LogP contribution in [0.2, 0.25) is 0 Å². The summed E-state index contributed by atoms with van der Waals surface area (Å²) in [5, 5.41) is 4.96. The molecule has 2 N–H and O–H groups in total. The summed E-state index contributed by atoms with van der Waals surface area (Å²) >= 11 is 0. The van der Waals surface area contributed by atoms with Crippen molar-refractivity contribution in [2.45, 2.75) is 13.3 Å². The molecule has 1 aliphatic heterocycles. The molecule has 0 bridgehead atoms. The molecule has 0 saturated heterocycles. The monoisotopic (exact) mass is 406 g/mol. The maximum Gasteiger partial charge on any atom is 0.134 e. The second kappa shape index (κ2) is 7.95. The molecule has 0 unspecified atom stereocenters. The van der Waals surface area contributed by atoms with Crippen LogP contribution in [0.4, 0.5) is 0 Å². The van der Waals surface area contributed by atoms with E-state index in [4.69, 9.17) is 15.6 Å². The molecule has 31 heavy (non-hydrogen) atoms. The van der Waals surface area contributed by atoms with Gasteiger partial charge < -0.3 is 10.5 Å². The molecule has 2 heterocycles. The van der Waals surface area contributed by atoms with E-state index in [1.165, 1.54) is 5.56 Å². The molecule has 0 amide bonds. The molecule has 0 spiro atoms. The van der Waals surface area contributed by atoms with Gasteiger partial charge in [-0.15, -0.1) is 0 Å². The zero-order chi connectivity index (χ0) is 21.2. The number of aryl methyl sites for hydroxylation is 1. The third-order valence-corrected chi connectivity index (χ3v) is 5.22. The van der Waals surface area contributed by atoms with E-state index >= 15 is 0 Å². The van der Waals surface area contributed by atoms with Gasteiger partial charge in [0.2, 0.25) is 0 Å². The number of aliphatic imine (C=N–C) groups is 1. The van der Waals surface area contributed by atoms with Crippen molar-refractivity contribution < 1.29 is 4.74 Å². The highest BCUT2D eigenvalue weighted by molar-refractivity contribution is 6.04. The number of ether oxygens (including phenoxy) is 1. The molecule has 3 aromatic carbocycles. The largest absolute Gasteiger partial charge is 0.457 e. The number of fused-ring (bicyclic) bond motifs is 1. The van der Waals surface area contributed by atoms with Gasteiger partial charge in [-0.2, -0.15) is 5.10 Å². The number of allylic oxidation sites excluding steroid dienone is 1. The second-order valence-corrected chi connectivity index (χ2v) is 7.46. The fourth-order valence-corrected chi connectivity index (χ4v) is 3.75. The molecule has 1 aliphatic rings. The summed E-state index contributed by atoms with van der Waals surface area (Å²) in [6.45, 7) is 2.08. The van der Waals surface area contributed by atoms with Gasteiger partial charge in [0.15, 0.2) is 0 Å². The van der Waals surface area contributed by atoms with E-state index in [2.05, 4.69) is 30.1 Å². The molecular formula is C26H22N4O. The first-order valence-corrected chi connectivity index (χ1v) is 10.2. The topological polar surface area (TPSA) is 65.4 Å². The van der Waals surface area contributed by atoms with Gasteiger partial charge >= 0.3 is 0 Å². The minimum atomic E-state index is 0.474. The Bertz CT molecular complexity index is 1280. The van der Waals surface area contributed by atoms with Crippen LogP contribution in [0.15, 0.2) is 96.1 Å². The molecule has 5 nitrogen and oxygen atoms in total. The summed E-state index contributed by atoms with van der Waals surface area (Å²) in [7, 11) is 0. The Balaban J connectivity index is 1.58. The third kappa shape index (κ3) is 3.73. The van der Waals surface area contributed by atoms with E-state index < -0.39 is 0 Å². The van der Waals surface area contributed by atoms with Gasteiger partial charge in [0, 0.05) is 18.2 Å². The number of para-hydroxylation sites is 1. The highest BCUT2D eigenvalue weighted by Crippen LogP contribution is 2.31. The molecular weight excluding hydrogens is 384 g/mol. The van der Waals surface area contributed by atoms with E-state index in [0.717, 1.165) is 39.7 Å². The van der Waals surface area contributed by atoms with E-state index in [9.17, 15) is 0 Å². The molecule has 1 aromatic heterocycles. The van der Waals surface area contributed by atoms with Crippen molar-refractivity contribution in [1.29, 1.82) is 0 Å². The van der Waals surface area contributed by atoms with Crippen LogP contribution in [-0.4, -0.2) is 15.6 Å². The second-order valence-electron chi connectivity index (χ2n) is 7.46. The van der Waals surface area contributed by atoms with Crippen LogP contribution in [0.1, 0.15) is 16.8 Å². The van der Waals surface area contributed by atoms with Crippen molar-refractivity contribution in [2.24, 2.45) is 10.7 Å². The maximum atomic E-state index is 6.36. The zero-order valence-electron chi connectivity index (χ0n) is 17.2. The van der Waals surface area contributed by atoms with Crippen molar-refractivity contribution in [1.82, 2.24) is 9.78 Å². The number of nitrogens with zero attached hydrogens (tertiary/aromatic N) is 3. The van der Waals surface area contributed by atoms with E-state index in [-0.39, 0.29) is 0 Å². The first-order valence-electron chi connectivity index (χ1n) is 10.2. The van der Waals surface area contributed by atoms with Crippen LogP contribution in [-0.2, 0) is 6.42 Å². The van der Waals surface area contributed by atoms with Crippen LogP contribution in [0.25, 0.3) is 16.9 Å². The highest BCUT2D eigenvalue weighted by Gasteiger charge is 2.23. The summed E-state index contributed by atoms with van der Waals surface area (Å²) in [6, 6.07) is 25.9. The van der Waals surface area contributed by atoms with Crippen molar-refractivity contribution in [2.75, 3.05) is 0 Å². The molecule has 0 aliphatic carbocycles. The first kappa shape index (κ1) is 18.9. The van der Waals surface area contributed by atoms with Crippen LogP contribution in [0.5, 0.6) is 11.5 Å². The van der Waals surface area contributed by atoms with Gasteiger partial charge in [0.25, 0.3) is 0 Å². The Morgan fingerprint density at radius 3 is 2.45 bits per heavy atom. The summed E-state index contributed by atoms with van der Waals surface area (Å²) in [6.07, 6.45) is 4.47. The zero-order valence-corrected chi connectivity index (χ0v) is 17.2. The number of hydrogen-bond acceptors (Lipinski definition) is 4. The Kier molecular flexibility index (Phi) is 4.84. The smallest absolute Gasteiger partial charge is 0.134 e. The van der Waals surface area contributed by atoms with E-state index in [1.807, 2.05) is 71.4 Å². The van der Waals surface area contributed by atoms with Gasteiger partial charge in [0.05, 0.1) is 16.9 Å². The molecule has 5 heteroatoms. The summed E-state index contributed by atoms with van der Waals surface area (Å²) < 4.78 is 7.90. The maximum absolute atomic E-state index is 6.36. The van der Waals surface area contributed by atoms with Gasteiger partial charge in [0.1, 0.15) is 23.0 Å². The standard InChI is InChI=1S/C26H22N4O/c1-18-7-5-8-20(17-18)30-23-11-6-16-28-26(27)24(23)25(29-30)19-12-14-22(15-13-19)31-21-9-3-2-4-10-21/h2-10,12-17H,11H2,1H3,(H2,27,28). The number of amidine groups is 1. The van der Waals surface area contributed by atoms with Crippen molar-refractivity contribution in [3.8, 4) is 28.4 Å². The van der Waals surface area contributed by atoms with Gasteiger partial charge in [-0.3, -0.25) is 0 Å². The number of rotatable bonds is 4. The minimum absolute atomic E-state index is 0.474. The number of benzene rings is 3. The minimum Gasteiger partial charge on any atom is -0.457 e. The summed E-state index contributed by atoms with van der Waals surface area (Å²) in [5.41, 5.74) is 12.2.